The van der Waals surface area contributed by atoms with E-state index in [-0.39, 0.29) is 5.91 Å². The number of rotatable bonds is 6. The minimum atomic E-state index is -0.451. The summed E-state index contributed by atoms with van der Waals surface area (Å²) in [6, 6.07) is -0.451. The van der Waals surface area contributed by atoms with Gasteiger partial charge in [0.2, 0.25) is 5.91 Å². The number of hydrogen-bond donors (Lipinski definition) is 2. The number of aryl methyl sites for hydroxylation is 1. The van der Waals surface area contributed by atoms with E-state index in [1.54, 1.807) is 6.33 Å². The zero-order valence-corrected chi connectivity index (χ0v) is 10.7. The number of hydrogen-bond acceptors (Lipinski definition) is 4. The molecular formula is C11H21N5O. The van der Waals surface area contributed by atoms with Crippen LogP contribution < -0.4 is 11.1 Å². The van der Waals surface area contributed by atoms with Gasteiger partial charge in [0, 0.05) is 6.54 Å². The van der Waals surface area contributed by atoms with Gasteiger partial charge in [-0.2, -0.15) is 0 Å². The maximum Gasteiger partial charge on any atom is 0.237 e. The molecule has 1 aromatic rings. The molecule has 1 atom stereocenters. The van der Waals surface area contributed by atoms with Crippen LogP contribution in [0.3, 0.4) is 0 Å². The zero-order chi connectivity index (χ0) is 12.8. The molecule has 0 radical (unpaired) electrons. The molecule has 0 saturated carbocycles. The Balaban J connectivity index is 2.43. The highest BCUT2D eigenvalue weighted by atomic mass is 16.2. The Morgan fingerprint density at radius 3 is 2.88 bits per heavy atom. The minimum Gasteiger partial charge on any atom is -0.347 e. The molecule has 0 unspecified atom stereocenters. The van der Waals surface area contributed by atoms with Gasteiger partial charge < -0.3 is 15.6 Å². The maximum atomic E-state index is 11.7. The number of aromatic nitrogens is 3. The smallest absolute Gasteiger partial charge is 0.237 e. The Kier molecular flexibility index (Phi) is 5.09. The van der Waals surface area contributed by atoms with Gasteiger partial charge in [0.1, 0.15) is 6.33 Å². The normalized spacial score (nSPS) is 12.8. The molecule has 0 aliphatic carbocycles. The second-order valence-electron chi connectivity index (χ2n) is 4.49. The molecule has 0 aliphatic heterocycles. The summed E-state index contributed by atoms with van der Waals surface area (Å²) in [7, 11) is 0. The van der Waals surface area contributed by atoms with Gasteiger partial charge in [-0.25, -0.2) is 0 Å². The van der Waals surface area contributed by atoms with Crippen LogP contribution in [0.25, 0.3) is 0 Å². The Bertz CT molecular complexity index is 360. The zero-order valence-electron chi connectivity index (χ0n) is 10.7. The molecule has 1 amide bonds. The summed E-state index contributed by atoms with van der Waals surface area (Å²) < 4.78 is 1.88. The fourth-order valence-electron chi connectivity index (χ4n) is 1.59. The first-order valence-corrected chi connectivity index (χ1v) is 5.94. The van der Waals surface area contributed by atoms with Crippen LogP contribution in [-0.2, 0) is 17.9 Å². The van der Waals surface area contributed by atoms with Crippen molar-refractivity contribution in [2.24, 2.45) is 11.7 Å². The van der Waals surface area contributed by atoms with Crippen LogP contribution >= 0.6 is 0 Å². The minimum absolute atomic E-state index is 0.135. The summed E-state index contributed by atoms with van der Waals surface area (Å²) in [5.41, 5.74) is 5.77. The van der Waals surface area contributed by atoms with Crippen LogP contribution in [0.5, 0.6) is 0 Å². The third-order valence-electron chi connectivity index (χ3n) is 2.52. The molecule has 1 aromatic heterocycles. The SMILES string of the molecule is CCn1cnnc1CNC(=O)[C@H](N)CC(C)C. The van der Waals surface area contributed by atoms with Crippen molar-refractivity contribution in [2.75, 3.05) is 0 Å². The van der Waals surface area contributed by atoms with Gasteiger partial charge in [-0.15, -0.1) is 10.2 Å². The third-order valence-corrected chi connectivity index (χ3v) is 2.52. The molecule has 96 valence electrons. The largest absolute Gasteiger partial charge is 0.347 e. The lowest BCUT2D eigenvalue weighted by molar-refractivity contribution is -0.122. The van der Waals surface area contributed by atoms with Gasteiger partial charge in [0.05, 0.1) is 12.6 Å². The Morgan fingerprint density at radius 2 is 2.29 bits per heavy atom. The molecular weight excluding hydrogens is 218 g/mol. The van der Waals surface area contributed by atoms with Gasteiger partial charge in [-0.3, -0.25) is 4.79 Å². The van der Waals surface area contributed by atoms with E-state index in [1.165, 1.54) is 0 Å². The summed E-state index contributed by atoms with van der Waals surface area (Å²) >= 11 is 0. The maximum absolute atomic E-state index is 11.7. The van der Waals surface area contributed by atoms with Crippen molar-refractivity contribution < 1.29 is 4.79 Å². The van der Waals surface area contributed by atoms with Gasteiger partial charge in [-0.1, -0.05) is 13.8 Å². The lowest BCUT2D eigenvalue weighted by Crippen LogP contribution is -2.41. The van der Waals surface area contributed by atoms with E-state index in [9.17, 15) is 4.79 Å². The summed E-state index contributed by atoms with van der Waals surface area (Å²) in [6.07, 6.45) is 2.34. The molecule has 0 aliphatic rings. The fraction of sp³-hybridized carbons (Fsp3) is 0.727. The predicted octanol–water partition coefficient (Wildman–Crippen LogP) is 0.288. The van der Waals surface area contributed by atoms with Crippen LogP contribution in [0.2, 0.25) is 0 Å². The van der Waals surface area contributed by atoms with Crippen molar-refractivity contribution >= 4 is 5.91 Å². The Hall–Kier alpha value is -1.43. The van der Waals surface area contributed by atoms with E-state index in [4.69, 9.17) is 5.73 Å². The van der Waals surface area contributed by atoms with Gasteiger partial charge >= 0.3 is 0 Å². The van der Waals surface area contributed by atoms with E-state index in [0.717, 1.165) is 12.4 Å². The number of nitrogens with two attached hydrogens (primary N) is 1. The highest BCUT2D eigenvalue weighted by Gasteiger charge is 2.15. The lowest BCUT2D eigenvalue weighted by Gasteiger charge is -2.13. The quantitative estimate of drug-likeness (QED) is 0.747. The molecule has 17 heavy (non-hydrogen) atoms. The first-order chi connectivity index (χ1) is 8.04. The first-order valence-electron chi connectivity index (χ1n) is 5.94. The molecule has 6 nitrogen and oxygen atoms in total. The summed E-state index contributed by atoms with van der Waals surface area (Å²) in [4.78, 5) is 11.7. The molecule has 1 rings (SSSR count). The number of amides is 1. The summed E-state index contributed by atoms with van der Waals surface area (Å²) in [5, 5.41) is 10.5. The second kappa shape index (κ2) is 6.34. The summed E-state index contributed by atoms with van der Waals surface area (Å²) in [6.45, 7) is 7.25. The van der Waals surface area contributed by atoms with Crippen LogP contribution in [0.1, 0.15) is 33.0 Å². The molecule has 0 saturated heterocycles. The van der Waals surface area contributed by atoms with Crippen molar-refractivity contribution in [2.45, 2.75) is 46.3 Å². The Morgan fingerprint density at radius 1 is 1.59 bits per heavy atom. The van der Waals surface area contributed by atoms with Crippen molar-refractivity contribution in [3.05, 3.63) is 12.2 Å². The number of carbonyl (C=O) groups excluding carboxylic acids is 1. The van der Waals surface area contributed by atoms with Crippen molar-refractivity contribution in [1.82, 2.24) is 20.1 Å². The topological polar surface area (TPSA) is 85.8 Å². The highest BCUT2D eigenvalue weighted by Crippen LogP contribution is 2.03. The van der Waals surface area contributed by atoms with Crippen molar-refractivity contribution in [3.8, 4) is 0 Å². The van der Waals surface area contributed by atoms with E-state index in [2.05, 4.69) is 15.5 Å². The van der Waals surface area contributed by atoms with Gasteiger partial charge in [0.25, 0.3) is 0 Å². The van der Waals surface area contributed by atoms with Crippen LogP contribution in [-0.4, -0.2) is 26.7 Å². The van der Waals surface area contributed by atoms with E-state index in [0.29, 0.717) is 18.9 Å². The number of nitrogens with one attached hydrogen (secondary N) is 1. The number of carbonyl (C=O) groups is 1. The number of nitrogens with zero attached hydrogens (tertiary/aromatic N) is 3. The predicted molar refractivity (Wildman–Crippen MR) is 65.0 cm³/mol. The average Bonchev–Trinajstić information content (AvgIpc) is 2.72. The first kappa shape index (κ1) is 13.6. The van der Waals surface area contributed by atoms with E-state index in [1.807, 2.05) is 25.3 Å². The fourth-order valence-corrected chi connectivity index (χ4v) is 1.59. The molecule has 0 fully saturated rings. The monoisotopic (exact) mass is 239 g/mol. The molecule has 3 N–H and O–H groups in total. The average molecular weight is 239 g/mol. The second-order valence-corrected chi connectivity index (χ2v) is 4.49. The van der Waals surface area contributed by atoms with E-state index < -0.39 is 6.04 Å². The third kappa shape index (κ3) is 4.14. The van der Waals surface area contributed by atoms with Gasteiger partial charge in [0.15, 0.2) is 5.82 Å². The van der Waals surface area contributed by atoms with Crippen LogP contribution in [0, 0.1) is 5.92 Å². The Labute approximate surface area is 102 Å². The van der Waals surface area contributed by atoms with Crippen molar-refractivity contribution in [1.29, 1.82) is 0 Å². The van der Waals surface area contributed by atoms with Crippen molar-refractivity contribution in [3.63, 3.8) is 0 Å². The molecule has 0 bridgehead atoms. The molecule has 0 spiro atoms. The van der Waals surface area contributed by atoms with Gasteiger partial charge in [-0.05, 0) is 19.3 Å². The standard InChI is InChI=1S/C11H21N5O/c1-4-16-7-14-15-10(16)6-13-11(17)9(12)5-8(2)3/h7-9H,4-6,12H2,1-3H3,(H,13,17)/t9-/m1/s1. The van der Waals surface area contributed by atoms with E-state index >= 15 is 0 Å². The van der Waals surface area contributed by atoms with Crippen LogP contribution in [0.15, 0.2) is 6.33 Å². The molecule has 1 heterocycles. The highest BCUT2D eigenvalue weighted by molar-refractivity contribution is 5.81. The molecule has 6 heteroatoms. The molecule has 0 aromatic carbocycles. The summed E-state index contributed by atoms with van der Waals surface area (Å²) in [5.74, 6) is 1.02. The lowest BCUT2D eigenvalue weighted by atomic mass is 10.0. The van der Waals surface area contributed by atoms with Crippen LogP contribution in [0.4, 0.5) is 0 Å².